The van der Waals surface area contributed by atoms with Gasteiger partial charge in [0.25, 0.3) is 0 Å². The summed E-state index contributed by atoms with van der Waals surface area (Å²) in [6.45, 7) is 6.50. The van der Waals surface area contributed by atoms with Gasteiger partial charge in [0.15, 0.2) is 0 Å². The third kappa shape index (κ3) is 43.3. The number of esters is 1. The van der Waals surface area contributed by atoms with Crippen molar-refractivity contribution in [1.29, 1.82) is 0 Å². The highest BCUT2D eigenvalue weighted by molar-refractivity contribution is 5.77. The number of allylic oxidation sites excluding steroid dienone is 2. The van der Waals surface area contributed by atoms with Gasteiger partial charge in [-0.25, -0.2) is 0 Å². The van der Waals surface area contributed by atoms with Gasteiger partial charge in [-0.1, -0.05) is 245 Å². The molecule has 0 rings (SSSR count). The van der Waals surface area contributed by atoms with Gasteiger partial charge < -0.3 is 20.3 Å². The number of carbonyl (C=O) groups excluding carboxylic acids is 2. The number of nitrogens with one attached hydrogen (secondary N) is 1. The lowest BCUT2D eigenvalue weighted by atomic mass is 10.0. The highest BCUT2D eigenvalue weighted by Crippen LogP contribution is 2.18. The van der Waals surface area contributed by atoms with Gasteiger partial charge in [-0.15, -0.1) is 0 Å². The predicted molar refractivity (Wildman–Crippen MR) is 260 cm³/mol. The number of hydrogen-bond donors (Lipinski definition) is 3. The van der Waals surface area contributed by atoms with Crippen molar-refractivity contribution in [3.05, 3.63) is 12.2 Å². The molecule has 0 aromatic carbocycles. The lowest BCUT2D eigenvalue weighted by Crippen LogP contribution is -2.46. The van der Waals surface area contributed by atoms with Gasteiger partial charge in [0.2, 0.25) is 5.91 Å². The van der Waals surface area contributed by atoms with Gasteiger partial charge in [-0.05, 0) is 51.4 Å². The third-order valence-electron chi connectivity index (χ3n) is 12.6. The fourth-order valence-electron chi connectivity index (χ4n) is 8.49. The number of rotatable bonds is 49. The molecular weight excluding hydrogens is 743 g/mol. The molecule has 356 valence electrons. The van der Waals surface area contributed by atoms with Crippen LogP contribution in [-0.2, 0) is 14.3 Å². The maximum atomic E-state index is 13.2. The van der Waals surface area contributed by atoms with Crippen molar-refractivity contribution >= 4 is 11.9 Å². The van der Waals surface area contributed by atoms with Gasteiger partial charge >= 0.3 is 5.97 Å². The van der Waals surface area contributed by atoms with Crippen LogP contribution in [0.4, 0.5) is 0 Å². The molecule has 0 aromatic rings. The van der Waals surface area contributed by atoms with Crippen LogP contribution in [0.25, 0.3) is 0 Å². The second-order valence-corrected chi connectivity index (χ2v) is 18.6. The molecule has 0 heterocycles. The van der Waals surface area contributed by atoms with E-state index in [4.69, 9.17) is 4.74 Å². The van der Waals surface area contributed by atoms with E-state index in [0.717, 1.165) is 57.8 Å². The lowest BCUT2D eigenvalue weighted by Gasteiger charge is -2.24. The van der Waals surface area contributed by atoms with E-state index in [2.05, 4.69) is 38.2 Å². The Morgan fingerprint density at radius 2 is 0.800 bits per heavy atom. The first-order chi connectivity index (χ1) is 29.5. The number of amides is 1. The van der Waals surface area contributed by atoms with Crippen molar-refractivity contribution in [1.82, 2.24) is 5.32 Å². The predicted octanol–water partition coefficient (Wildman–Crippen LogP) is 16.1. The van der Waals surface area contributed by atoms with E-state index >= 15 is 0 Å². The summed E-state index contributed by atoms with van der Waals surface area (Å²) >= 11 is 0. The zero-order chi connectivity index (χ0) is 43.8. The Labute approximate surface area is 374 Å². The Balaban J connectivity index is 4.52. The Bertz CT molecular complexity index is 909. The number of hydrogen-bond acceptors (Lipinski definition) is 5. The van der Waals surface area contributed by atoms with Crippen LogP contribution < -0.4 is 5.32 Å². The Hall–Kier alpha value is -1.40. The first-order valence-corrected chi connectivity index (χ1v) is 26.9. The van der Waals surface area contributed by atoms with Crippen LogP contribution in [0.1, 0.15) is 297 Å². The van der Waals surface area contributed by atoms with Gasteiger partial charge in [-0.3, -0.25) is 9.59 Å². The number of unbranched alkanes of at least 4 members (excludes halogenated alkanes) is 35. The van der Waals surface area contributed by atoms with Crippen LogP contribution in [0.15, 0.2) is 12.2 Å². The van der Waals surface area contributed by atoms with Crippen LogP contribution in [0.2, 0.25) is 0 Å². The number of aliphatic hydroxyl groups excluding tert-OH is 2. The number of carbonyl (C=O) groups is 2. The van der Waals surface area contributed by atoms with E-state index in [0.29, 0.717) is 19.3 Å². The maximum absolute atomic E-state index is 13.2. The molecule has 1 amide bonds. The van der Waals surface area contributed by atoms with E-state index < -0.39 is 18.2 Å². The molecule has 6 heteroatoms. The number of ether oxygens (including phenoxy) is 1. The molecule has 0 radical (unpaired) electrons. The summed E-state index contributed by atoms with van der Waals surface area (Å²) < 4.78 is 5.94. The zero-order valence-corrected chi connectivity index (χ0v) is 40.6. The molecular formula is C54H105NO5. The van der Waals surface area contributed by atoms with E-state index in [1.807, 2.05) is 0 Å². The molecule has 0 bridgehead atoms. The Morgan fingerprint density at radius 3 is 1.20 bits per heavy atom. The molecule has 6 nitrogen and oxygen atoms in total. The second-order valence-electron chi connectivity index (χ2n) is 18.6. The van der Waals surface area contributed by atoms with Crippen LogP contribution in [0.3, 0.4) is 0 Å². The normalized spacial score (nSPS) is 13.2. The highest BCUT2D eigenvalue weighted by atomic mass is 16.5. The fourth-order valence-corrected chi connectivity index (χ4v) is 8.49. The van der Waals surface area contributed by atoms with Crippen molar-refractivity contribution in [2.75, 3.05) is 6.61 Å². The summed E-state index contributed by atoms with van der Waals surface area (Å²) in [7, 11) is 0. The summed E-state index contributed by atoms with van der Waals surface area (Å²) in [5.41, 5.74) is 0. The molecule has 0 aromatic heterocycles. The van der Waals surface area contributed by atoms with E-state index in [1.165, 1.54) is 193 Å². The van der Waals surface area contributed by atoms with Crippen LogP contribution >= 0.6 is 0 Å². The molecule has 0 fully saturated rings. The van der Waals surface area contributed by atoms with Gasteiger partial charge in [0.1, 0.15) is 6.10 Å². The standard InChI is InChI=1S/C54H105NO5/c1-4-7-10-13-16-19-22-25-28-31-34-37-40-43-46-52(57)51(49-56)55-53(58)48-50(45-42-39-36-33-30-27-24-21-18-15-12-9-6-3)60-54(59)47-44-41-38-35-32-29-26-23-20-17-14-11-8-5-2/h21,24,50-52,56-57H,4-20,22-23,25-49H2,1-3H3,(H,55,58)/b24-21-. The first-order valence-electron chi connectivity index (χ1n) is 26.9. The molecule has 0 aliphatic carbocycles. The summed E-state index contributed by atoms with van der Waals surface area (Å²) in [6.07, 6.45) is 54.1. The monoisotopic (exact) mass is 848 g/mol. The van der Waals surface area contributed by atoms with Gasteiger partial charge in [-0.2, -0.15) is 0 Å². The smallest absolute Gasteiger partial charge is 0.306 e. The molecule has 0 saturated heterocycles. The van der Waals surface area contributed by atoms with E-state index in [-0.39, 0.29) is 24.9 Å². The summed E-state index contributed by atoms with van der Waals surface area (Å²) in [5.74, 6) is -0.463. The third-order valence-corrected chi connectivity index (χ3v) is 12.6. The first kappa shape index (κ1) is 58.6. The SMILES string of the molecule is CCCCCC/C=C\CCCCCCCC(CC(=O)NC(CO)C(O)CCCCCCCCCCCCCCCC)OC(=O)CCCCCCCCCCCCCCCC. The molecule has 3 atom stereocenters. The van der Waals surface area contributed by atoms with Crippen LogP contribution in [0, 0.1) is 0 Å². The molecule has 0 aliphatic heterocycles. The molecule has 3 N–H and O–H groups in total. The largest absolute Gasteiger partial charge is 0.462 e. The Morgan fingerprint density at radius 1 is 0.467 bits per heavy atom. The second kappa shape index (κ2) is 48.6. The van der Waals surface area contributed by atoms with E-state index in [9.17, 15) is 19.8 Å². The quantitative estimate of drug-likeness (QED) is 0.0322. The average molecular weight is 848 g/mol. The minimum absolute atomic E-state index is 0.0790. The summed E-state index contributed by atoms with van der Waals surface area (Å²) in [5, 5.41) is 23.8. The van der Waals surface area contributed by atoms with E-state index in [1.54, 1.807) is 0 Å². The van der Waals surface area contributed by atoms with Crippen LogP contribution in [-0.4, -0.2) is 46.9 Å². The summed E-state index contributed by atoms with van der Waals surface area (Å²) in [6, 6.07) is -0.697. The molecule has 0 saturated carbocycles. The Kier molecular flexibility index (Phi) is 47.5. The zero-order valence-electron chi connectivity index (χ0n) is 40.6. The molecule has 60 heavy (non-hydrogen) atoms. The molecule has 3 unspecified atom stereocenters. The minimum atomic E-state index is -0.784. The average Bonchev–Trinajstić information content (AvgIpc) is 3.24. The van der Waals surface area contributed by atoms with Crippen molar-refractivity contribution < 1.29 is 24.5 Å². The fraction of sp³-hybridized carbons (Fsp3) is 0.926. The lowest BCUT2D eigenvalue weighted by molar-refractivity contribution is -0.151. The van der Waals surface area contributed by atoms with Gasteiger partial charge in [0.05, 0.1) is 25.2 Å². The maximum Gasteiger partial charge on any atom is 0.306 e. The highest BCUT2D eigenvalue weighted by Gasteiger charge is 2.24. The number of aliphatic hydroxyl groups is 2. The van der Waals surface area contributed by atoms with Crippen molar-refractivity contribution in [2.45, 2.75) is 315 Å². The van der Waals surface area contributed by atoms with Crippen molar-refractivity contribution in [3.8, 4) is 0 Å². The van der Waals surface area contributed by atoms with Crippen molar-refractivity contribution in [2.24, 2.45) is 0 Å². The minimum Gasteiger partial charge on any atom is -0.462 e. The molecule has 0 spiro atoms. The van der Waals surface area contributed by atoms with Gasteiger partial charge in [0, 0.05) is 6.42 Å². The van der Waals surface area contributed by atoms with Crippen molar-refractivity contribution in [3.63, 3.8) is 0 Å². The topological polar surface area (TPSA) is 95.9 Å². The summed E-state index contributed by atoms with van der Waals surface area (Å²) in [4.78, 5) is 26.2. The van der Waals surface area contributed by atoms with Crippen LogP contribution in [0.5, 0.6) is 0 Å². The molecule has 0 aliphatic rings.